The third kappa shape index (κ3) is 5.97. The summed E-state index contributed by atoms with van der Waals surface area (Å²) in [6, 6.07) is 9.58. The van der Waals surface area contributed by atoms with Crippen molar-refractivity contribution in [2.75, 3.05) is 16.3 Å². The Morgan fingerprint density at radius 3 is 2.39 bits per heavy atom. The highest BCUT2D eigenvalue weighted by molar-refractivity contribution is 7.92. The van der Waals surface area contributed by atoms with E-state index in [9.17, 15) is 26.4 Å². The first-order chi connectivity index (χ1) is 15.3. The lowest BCUT2D eigenvalue weighted by Gasteiger charge is -2.21. The summed E-state index contributed by atoms with van der Waals surface area (Å²) in [7, 11) is -2.12. The number of carbonyl (C=O) groups is 1. The maximum absolute atomic E-state index is 13.5. The molecule has 0 fully saturated rings. The Balaban J connectivity index is 1.85. The van der Waals surface area contributed by atoms with Gasteiger partial charge in [0.2, 0.25) is 16.1 Å². The Labute approximate surface area is 186 Å². The molecular formula is C19H19F3N6O4S. The molecule has 0 aliphatic rings. The molecule has 0 unspecified atom stereocenters. The van der Waals surface area contributed by atoms with Crippen LogP contribution in [0.3, 0.4) is 0 Å². The number of aryl methyl sites for hydroxylation is 2. The number of ether oxygens (including phenoxy) is 1. The molecule has 0 saturated carbocycles. The topological polar surface area (TPSA) is 128 Å². The van der Waals surface area contributed by atoms with Crippen LogP contribution in [0.4, 0.5) is 29.5 Å². The first kappa shape index (κ1) is 24.0. The number of aromatic nitrogens is 4. The lowest BCUT2D eigenvalue weighted by atomic mass is 10.1. The zero-order valence-corrected chi connectivity index (χ0v) is 18.4. The van der Waals surface area contributed by atoms with Crippen molar-refractivity contribution in [3.63, 3.8) is 0 Å². The number of amides is 1. The van der Waals surface area contributed by atoms with Crippen LogP contribution in [0.2, 0.25) is 0 Å². The van der Waals surface area contributed by atoms with Crippen LogP contribution < -0.4 is 10.0 Å². The van der Waals surface area contributed by atoms with Gasteiger partial charge in [-0.05, 0) is 19.1 Å². The smallest absolute Gasteiger partial charge is 0.429 e. The number of halogens is 3. The van der Waals surface area contributed by atoms with E-state index in [0.717, 1.165) is 10.9 Å². The molecular weight excluding hydrogens is 465 g/mol. The van der Waals surface area contributed by atoms with Gasteiger partial charge in [-0.25, -0.2) is 22.9 Å². The third-order valence-electron chi connectivity index (χ3n) is 4.30. The standard InChI is InChI=1S/C19H19F3N6O4S/c1-11-13(26-33(3,30)31)9-10-14(23-11)15-17(28(2)27-25-15)24-18(29)32-16(19(20,21)22)12-7-5-4-6-8-12/h4-10,16,26H,1-3H3,(H,24,29)/t16-/m0/s1. The highest BCUT2D eigenvalue weighted by Gasteiger charge is 2.44. The Morgan fingerprint density at radius 2 is 1.82 bits per heavy atom. The number of nitrogens with one attached hydrogen (secondary N) is 2. The van der Waals surface area contributed by atoms with Gasteiger partial charge in [0.1, 0.15) is 0 Å². The van der Waals surface area contributed by atoms with E-state index in [2.05, 4.69) is 30.1 Å². The third-order valence-corrected chi connectivity index (χ3v) is 4.89. The molecule has 0 radical (unpaired) electrons. The van der Waals surface area contributed by atoms with Gasteiger partial charge < -0.3 is 4.74 Å². The summed E-state index contributed by atoms with van der Waals surface area (Å²) in [4.78, 5) is 16.6. The molecule has 3 rings (SSSR count). The van der Waals surface area contributed by atoms with Crippen molar-refractivity contribution in [3.8, 4) is 11.4 Å². The fraction of sp³-hybridized carbons (Fsp3) is 0.263. The number of nitrogens with zero attached hydrogens (tertiary/aromatic N) is 4. The van der Waals surface area contributed by atoms with Gasteiger partial charge in [0.05, 0.1) is 23.3 Å². The molecule has 0 aliphatic heterocycles. The van der Waals surface area contributed by atoms with E-state index in [1.165, 1.54) is 49.5 Å². The molecule has 2 N–H and O–H groups in total. The summed E-state index contributed by atoms with van der Waals surface area (Å²) >= 11 is 0. The summed E-state index contributed by atoms with van der Waals surface area (Å²) < 4.78 is 71.4. The Hall–Kier alpha value is -3.68. The van der Waals surface area contributed by atoms with Crippen LogP contribution in [0, 0.1) is 6.92 Å². The Kier molecular flexibility index (Phi) is 6.58. The molecule has 0 spiro atoms. The number of rotatable bonds is 6. The quantitative estimate of drug-likeness (QED) is 0.549. The second-order valence-corrected chi connectivity index (χ2v) is 8.73. The second kappa shape index (κ2) is 9.05. The Bertz CT molecular complexity index is 1260. The van der Waals surface area contributed by atoms with Gasteiger partial charge >= 0.3 is 12.3 Å². The fourth-order valence-electron chi connectivity index (χ4n) is 2.86. The highest BCUT2D eigenvalue weighted by atomic mass is 32.2. The number of anilines is 2. The lowest BCUT2D eigenvalue weighted by molar-refractivity contribution is -0.205. The van der Waals surface area contributed by atoms with Crippen molar-refractivity contribution in [2.24, 2.45) is 7.05 Å². The maximum atomic E-state index is 13.5. The molecule has 1 aromatic carbocycles. The van der Waals surface area contributed by atoms with E-state index in [0.29, 0.717) is 5.69 Å². The summed E-state index contributed by atoms with van der Waals surface area (Å²) in [5, 5.41) is 9.88. The van der Waals surface area contributed by atoms with Crippen molar-refractivity contribution in [1.82, 2.24) is 20.0 Å². The van der Waals surface area contributed by atoms with Crippen LogP contribution in [0.15, 0.2) is 42.5 Å². The first-order valence-electron chi connectivity index (χ1n) is 9.30. The van der Waals surface area contributed by atoms with Crippen LogP contribution in [0.1, 0.15) is 17.4 Å². The van der Waals surface area contributed by atoms with Crippen molar-refractivity contribution in [2.45, 2.75) is 19.2 Å². The van der Waals surface area contributed by atoms with E-state index in [4.69, 9.17) is 0 Å². The number of benzene rings is 1. The largest absolute Gasteiger partial charge is 0.431 e. The predicted octanol–water partition coefficient (Wildman–Crippen LogP) is 3.41. The number of alkyl halides is 3. The Morgan fingerprint density at radius 1 is 1.15 bits per heavy atom. The van der Waals surface area contributed by atoms with Crippen molar-refractivity contribution >= 4 is 27.6 Å². The molecule has 1 atom stereocenters. The van der Waals surface area contributed by atoms with Gasteiger partial charge in [-0.1, -0.05) is 35.5 Å². The van der Waals surface area contributed by atoms with E-state index < -0.39 is 28.4 Å². The lowest BCUT2D eigenvalue weighted by Crippen LogP contribution is -2.28. The van der Waals surface area contributed by atoms with Gasteiger partial charge in [0.15, 0.2) is 11.5 Å². The fourth-order valence-corrected chi connectivity index (χ4v) is 3.47. The monoisotopic (exact) mass is 484 g/mol. The molecule has 3 aromatic rings. The number of hydrogen-bond acceptors (Lipinski definition) is 7. The summed E-state index contributed by atoms with van der Waals surface area (Å²) in [5.74, 6) is -0.0651. The predicted molar refractivity (Wildman–Crippen MR) is 113 cm³/mol. The molecule has 0 saturated heterocycles. The van der Waals surface area contributed by atoms with E-state index in [-0.39, 0.29) is 28.5 Å². The van der Waals surface area contributed by atoms with Crippen molar-refractivity contribution in [1.29, 1.82) is 0 Å². The minimum Gasteiger partial charge on any atom is -0.431 e. The van der Waals surface area contributed by atoms with Gasteiger partial charge in [0, 0.05) is 12.6 Å². The number of hydrogen-bond donors (Lipinski definition) is 2. The van der Waals surface area contributed by atoms with Crippen LogP contribution in [-0.4, -0.2) is 46.9 Å². The zero-order valence-electron chi connectivity index (χ0n) is 17.6. The zero-order chi connectivity index (χ0) is 24.4. The minimum atomic E-state index is -4.84. The van der Waals surface area contributed by atoms with Crippen LogP contribution in [0.5, 0.6) is 0 Å². The average Bonchev–Trinajstić information content (AvgIpc) is 3.07. The van der Waals surface area contributed by atoms with Crippen LogP contribution in [0.25, 0.3) is 11.4 Å². The molecule has 0 aliphatic carbocycles. The van der Waals surface area contributed by atoms with Crippen LogP contribution in [-0.2, 0) is 21.8 Å². The van der Waals surface area contributed by atoms with Gasteiger partial charge in [-0.15, -0.1) is 5.10 Å². The number of sulfonamides is 1. The molecule has 0 bridgehead atoms. The normalized spacial score (nSPS) is 12.8. The van der Waals surface area contributed by atoms with E-state index in [1.54, 1.807) is 6.92 Å². The molecule has 2 aromatic heterocycles. The number of carbonyl (C=O) groups excluding carboxylic acids is 1. The van der Waals surface area contributed by atoms with Gasteiger partial charge in [-0.3, -0.25) is 10.0 Å². The summed E-state index contributed by atoms with van der Waals surface area (Å²) in [5.41, 5.74) is 0.542. The maximum Gasteiger partial charge on any atom is 0.429 e. The van der Waals surface area contributed by atoms with Crippen LogP contribution >= 0.6 is 0 Å². The van der Waals surface area contributed by atoms with E-state index >= 15 is 0 Å². The van der Waals surface area contributed by atoms with Gasteiger partial charge in [-0.2, -0.15) is 13.2 Å². The molecule has 33 heavy (non-hydrogen) atoms. The number of pyridine rings is 1. The SMILES string of the molecule is Cc1nc(-c2nnn(C)c2NC(=O)O[C@@H](c2ccccc2)C(F)(F)F)ccc1NS(C)(=O)=O. The van der Waals surface area contributed by atoms with E-state index in [1.807, 2.05) is 0 Å². The molecule has 14 heteroatoms. The molecule has 176 valence electrons. The highest BCUT2D eigenvalue weighted by Crippen LogP contribution is 2.36. The molecule has 2 heterocycles. The van der Waals surface area contributed by atoms with Crippen molar-refractivity contribution in [3.05, 3.63) is 53.7 Å². The summed E-state index contributed by atoms with van der Waals surface area (Å²) in [6.45, 7) is 1.54. The molecule has 10 nitrogen and oxygen atoms in total. The second-order valence-electron chi connectivity index (χ2n) is 6.98. The minimum absolute atomic E-state index is 0.0479. The molecule has 1 amide bonds. The van der Waals surface area contributed by atoms with Crippen molar-refractivity contribution < 1.29 is 31.1 Å². The average molecular weight is 484 g/mol. The van der Waals surface area contributed by atoms with Gasteiger partial charge in [0.25, 0.3) is 0 Å². The first-order valence-corrected chi connectivity index (χ1v) is 11.2. The summed E-state index contributed by atoms with van der Waals surface area (Å²) in [6.07, 6.45) is -7.71.